The molecule has 0 N–H and O–H groups in total. The first-order valence-corrected chi connectivity index (χ1v) is 11.2. The van der Waals surface area contributed by atoms with Crippen molar-refractivity contribution < 1.29 is 19.0 Å². The molecule has 170 valence electrons. The molecule has 1 aromatic heterocycles. The van der Waals surface area contributed by atoms with Gasteiger partial charge in [0.2, 0.25) is 0 Å². The number of fused-ring (bicyclic) bond motifs is 1. The highest BCUT2D eigenvalue weighted by Gasteiger charge is 2.33. The minimum Gasteiger partial charge on any atom is -0.493 e. The van der Waals surface area contributed by atoms with Gasteiger partial charge in [-0.25, -0.2) is 9.79 Å². The van der Waals surface area contributed by atoms with Crippen LogP contribution < -0.4 is 24.4 Å². The van der Waals surface area contributed by atoms with E-state index in [1.807, 2.05) is 6.07 Å². The molecule has 2 heterocycles. The topological polar surface area (TPSA) is 79.1 Å². The summed E-state index contributed by atoms with van der Waals surface area (Å²) in [7, 11) is 4.43. The van der Waals surface area contributed by atoms with Crippen LogP contribution in [0.4, 0.5) is 0 Å². The third-order valence-corrected chi connectivity index (χ3v) is 6.55. The highest BCUT2D eigenvalue weighted by Crippen LogP contribution is 2.31. The summed E-state index contributed by atoms with van der Waals surface area (Å²) in [6.45, 7) is 1.74. The van der Waals surface area contributed by atoms with Crippen LogP contribution in [0.15, 0.2) is 63.5 Å². The van der Waals surface area contributed by atoms with Crippen LogP contribution in [0, 0.1) is 0 Å². The Labute approximate surface area is 198 Å². The Bertz CT molecular complexity index is 1440. The molecule has 1 atom stereocenters. The van der Waals surface area contributed by atoms with Crippen molar-refractivity contribution in [1.82, 2.24) is 4.57 Å². The predicted molar refractivity (Wildman–Crippen MR) is 127 cm³/mol. The lowest BCUT2D eigenvalue weighted by Gasteiger charge is -2.24. The number of benzene rings is 2. The van der Waals surface area contributed by atoms with Crippen molar-refractivity contribution >= 4 is 35.0 Å². The fourth-order valence-corrected chi connectivity index (χ4v) is 4.92. The number of ether oxygens (including phenoxy) is 3. The zero-order valence-electron chi connectivity index (χ0n) is 18.4. The second-order valence-corrected chi connectivity index (χ2v) is 8.68. The summed E-state index contributed by atoms with van der Waals surface area (Å²) in [6, 6.07) is 11.7. The Kier molecular flexibility index (Phi) is 6.40. The number of carbonyl (C=O) groups excluding carboxylic acids is 1. The van der Waals surface area contributed by atoms with Gasteiger partial charge in [-0.1, -0.05) is 41.1 Å². The Balaban J connectivity index is 1.93. The van der Waals surface area contributed by atoms with Gasteiger partial charge in [-0.15, -0.1) is 0 Å². The van der Waals surface area contributed by atoms with E-state index in [9.17, 15) is 9.59 Å². The Morgan fingerprint density at radius 3 is 2.42 bits per heavy atom. The van der Waals surface area contributed by atoms with E-state index < -0.39 is 12.0 Å². The SMILES string of the molecule is COC(=O)C1=C(C)N=c2s/c(=C\c3ccc(OC)c(OC)c3)c(=O)n2[C@@H]1c1ccc(Cl)cc1. The summed E-state index contributed by atoms with van der Waals surface area (Å²) < 4.78 is 17.7. The van der Waals surface area contributed by atoms with Gasteiger partial charge in [0.05, 0.1) is 43.2 Å². The highest BCUT2D eigenvalue weighted by atomic mass is 35.5. The lowest BCUT2D eigenvalue weighted by molar-refractivity contribution is -0.136. The average Bonchev–Trinajstić information content (AvgIpc) is 3.12. The molecule has 1 aliphatic heterocycles. The van der Waals surface area contributed by atoms with Crippen molar-refractivity contribution in [3.8, 4) is 11.5 Å². The number of methoxy groups -OCH3 is 3. The van der Waals surface area contributed by atoms with Gasteiger partial charge < -0.3 is 14.2 Å². The van der Waals surface area contributed by atoms with E-state index in [1.54, 1.807) is 63.6 Å². The maximum atomic E-state index is 13.5. The van der Waals surface area contributed by atoms with Gasteiger partial charge in [-0.3, -0.25) is 9.36 Å². The molecule has 0 radical (unpaired) electrons. The average molecular weight is 485 g/mol. The molecule has 0 aliphatic carbocycles. The molecular formula is C24H21ClN2O5S. The van der Waals surface area contributed by atoms with Gasteiger partial charge >= 0.3 is 5.97 Å². The summed E-state index contributed by atoms with van der Waals surface area (Å²) in [5.41, 5.74) is 2.05. The quantitative estimate of drug-likeness (QED) is 0.520. The number of allylic oxidation sites excluding steroid dienone is 1. The first-order chi connectivity index (χ1) is 15.9. The number of halogens is 1. The van der Waals surface area contributed by atoms with E-state index in [0.717, 1.165) is 11.1 Å². The summed E-state index contributed by atoms with van der Waals surface area (Å²) in [6.07, 6.45) is 1.77. The Hall–Kier alpha value is -3.36. The van der Waals surface area contributed by atoms with E-state index in [-0.39, 0.29) is 5.56 Å². The molecule has 2 aromatic carbocycles. The minimum absolute atomic E-state index is 0.262. The van der Waals surface area contributed by atoms with Crippen LogP contribution in [0.5, 0.6) is 11.5 Å². The maximum absolute atomic E-state index is 13.5. The first-order valence-electron chi connectivity index (χ1n) is 9.96. The van der Waals surface area contributed by atoms with Crippen molar-refractivity contribution in [2.45, 2.75) is 13.0 Å². The number of rotatable bonds is 5. The Morgan fingerprint density at radius 1 is 1.09 bits per heavy atom. The number of hydrogen-bond acceptors (Lipinski definition) is 7. The standard InChI is InChI=1S/C24H21ClN2O5S/c1-13-20(23(29)32-4)21(15-6-8-16(25)9-7-15)27-22(28)19(33-24(27)26-13)12-14-5-10-17(30-2)18(11-14)31-3/h5-12,21H,1-4H3/b19-12-/t21-/m1/s1. The molecule has 4 rings (SSSR count). The number of carbonyl (C=O) groups is 1. The zero-order valence-corrected chi connectivity index (χ0v) is 20.0. The van der Waals surface area contributed by atoms with Crippen molar-refractivity contribution in [3.05, 3.63) is 89.6 Å². The van der Waals surface area contributed by atoms with Gasteiger partial charge in [0.15, 0.2) is 16.3 Å². The van der Waals surface area contributed by atoms with Gasteiger partial charge in [0.25, 0.3) is 5.56 Å². The van der Waals surface area contributed by atoms with Crippen molar-refractivity contribution in [1.29, 1.82) is 0 Å². The number of aromatic nitrogens is 1. The maximum Gasteiger partial charge on any atom is 0.338 e. The molecule has 0 saturated heterocycles. The number of esters is 1. The second kappa shape index (κ2) is 9.25. The van der Waals surface area contributed by atoms with E-state index in [0.29, 0.717) is 37.1 Å². The summed E-state index contributed by atoms with van der Waals surface area (Å²) in [4.78, 5) is 31.2. The van der Waals surface area contributed by atoms with Crippen molar-refractivity contribution in [2.75, 3.05) is 21.3 Å². The molecular weight excluding hydrogens is 464 g/mol. The lowest BCUT2D eigenvalue weighted by Crippen LogP contribution is -2.39. The lowest BCUT2D eigenvalue weighted by atomic mass is 9.96. The van der Waals surface area contributed by atoms with Crippen LogP contribution in [-0.4, -0.2) is 31.9 Å². The largest absolute Gasteiger partial charge is 0.493 e. The van der Waals surface area contributed by atoms with Crippen molar-refractivity contribution in [3.63, 3.8) is 0 Å². The molecule has 9 heteroatoms. The molecule has 1 aliphatic rings. The van der Waals surface area contributed by atoms with Crippen LogP contribution in [0.1, 0.15) is 24.1 Å². The molecule has 3 aromatic rings. The van der Waals surface area contributed by atoms with Gasteiger partial charge in [0, 0.05) is 5.02 Å². The summed E-state index contributed by atoms with van der Waals surface area (Å²) in [5.74, 6) is 0.615. The monoisotopic (exact) mass is 484 g/mol. The van der Waals surface area contributed by atoms with E-state index >= 15 is 0 Å². The molecule has 0 fully saturated rings. The van der Waals surface area contributed by atoms with Crippen LogP contribution >= 0.6 is 22.9 Å². The van der Waals surface area contributed by atoms with Crippen LogP contribution in [0.25, 0.3) is 6.08 Å². The number of thiazole rings is 1. The van der Waals surface area contributed by atoms with Crippen LogP contribution in [-0.2, 0) is 9.53 Å². The third kappa shape index (κ3) is 4.19. The van der Waals surface area contributed by atoms with E-state index in [1.165, 1.54) is 23.0 Å². The van der Waals surface area contributed by atoms with E-state index in [4.69, 9.17) is 25.8 Å². The van der Waals surface area contributed by atoms with Crippen molar-refractivity contribution in [2.24, 2.45) is 4.99 Å². The fourth-order valence-electron chi connectivity index (χ4n) is 3.75. The molecule has 0 amide bonds. The zero-order chi connectivity index (χ0) is 23.7. The fraction of sp³-hybridized carbons (Fsp3) is 0.208. The normalized spacial score (nSPS) is 15.7. The minimum atomic E-state index is -0.682. The van der Waals surface area contributed by atoms with Gasteiger partial charge in [0.1, 0.15) is 0 Å². The molecule has 7 nitrogen and oxygen atoms in total. The molecule has 0 unspecified atom stereocenters. The van der Waals surface area contributed by atoms with Crippen LogP contribution in [0.2, 0.25) is 5.02 Å². The Morgan fingerprint density at radius 2 is 1.79 bits per heavy atom. The first kappa shape index (κ1) is 22.8. The molecule has 0 spiro atoms. The van der Waals surface area contributed by atoms with Crippen LogP contribution in [0.3, 0.4) is 0 Å². The summed E-state index contributed by atoms with van der Waals surface area (Å²) >= 11 is 7.32. The third-order valence-electron chi connectivity index (χ3n) is 5.32. The van der Waals surface area contributed by atoms with E-state index in [2.05, 4.69) is 4.99 Å². The highest BCUT2D eigenvalue weighted by molar-refractivity contribution is 7.07. The predicted octanol–water partition coefficient (Wildman–Crippen LogP) is 3.08. The second-order valence-electron chi connectivity index (χ2n) is 7.24. The molecule has 0 saturated carbocycles. The number of hydrogen-bond donors (Lipinski definition) is 0. The number of nitrogens with zero attached hydrogens (tertiary/aromatic N) is 2. The summed E-state index contributed by atoms with van der Waals surface area (Å²) in [5, 5.41) is 0.555. The van der Waals surface area contributed by atoms with Gasteiger partial charge in [-0.2, -0.15) is 0 Å². The molecule has 33 heavy (non-hydrogen) atoms. The van der Waals surface area contributed by atoms with Gasteiger partial charge in [-0.05, 0) is 48.4 Å². The molecule has 0 bridgehead atoms. The smallest absolute Gasteiger partial charge is 0.338 e.